The van der Waals surface area contributed by atoms with Crippen molar-refractivity contribution in [3.63, 3.8) is 0 Å². The number of hydrogen-bond acceptors (Lipinski definition) is 2. The van der Waals surface area contributed by atoms with Gasteiger partial charge in [0.15, 0.2) is 0 Å². The molecule has 0 fully saturated rings. The van der Waals surface area contributed by atoms with E-state index in [9.17, 15) is 9.18 Å². The summed E-state index contributed by atoms with van der Waals surface area (Å²) in [5.41, 5.74) is 1.82. The third kappa shape index (κ3) is 3.47. The Kier molecular flexibility index (Phi) is 5.19. The SMILES string of the molecule is CCCCn1nc(C)c(C(=O)Nc2cc(C)ccc2F)c1Cl. The number of benzene rings is 1. The fourth-order valence-corrected chi connectivity index (χ4v) is 2.53. The average Bonchev–Trinajstić information content (AvgIpc) is 2.75. The molecule has 0 spiro atoms. The van der Waals surface area contributed by atoms with Crippen LogP contribution in [0.25, 0.3) is 0 Å². The Hall–Kier alpha value is -1.88. The summed E-state index contributed by atoms with van der Waals surface area (Å²) in [6.45, 7) is 6.27. The highest BCUT2D eigenvalue weighted by molar-refractivity contribution is 6.33. The number of aromatic nitrogens is 2. The molecular weight excluding hydrogens is 305 g/mol. The quantitative estimate of drug-likeness (QED) is 0.889. The fourth-order valence-electron chi connectivity index (χ4n) is 2.19. The van der Waals surface area contributed by atoms with Crippen LogP contribution in [0.15, 0.2) is 18.2 Å². The Balaban J connectivity index is 2.26. The van der Waals surface area contributed by atoms with Crippen LogP contribution in [0, 0.1) is 19.7 Å². The molecule has 4 nitrogen and oxygen atoms in total. The molecule has 2 rings (SSSR count). The van der Waals surface area contributed by atoms with Gasteiger partial charge >= 0.3 is 0 Å². The molecule has 0 aliphatic heterocycles. The van der Waals surface area contributed by atoms with Crippen molar-refractivity contribution in [2.75, 3.05) is 5.32 Å². The van der Waals surface area contributed by atoms with Gasteiger partial charge in [-0.05, 0) is 38.0 Å². The standard InChI is InChI=1S/C16H19ClFN3O/c1-4-5-8-21-15(17)14(11(3)20-21)16(22)19-13-9-10(2)6-7-12(13)18/h6-7,9H,4-5,8H2,1-3H3,(H,19,22). The second kappa shape index (κ2) is 6.92. The molecule has 0 aliphatic carbocycles. The zero-order valence-electron chi connectivity index (χ0n) is 12.9. The first-order valence-electron chi connectivity index (χ1n) is 7.24. The summed E-state index contributed by atoms with van der Waals surface area (Å²) in [6.07, 6.45) is 1.93. The molecule has 1 aromatic heterocycles. The largest absolute Gasteiger partial charge is 0.319 e. The number of nitrogens with one attached hydrogen (secondary N) is 1. The van der Waals surface area contributed by atoms with Gasteiger partial charge in [-0.15, -0.1) is 0 Å². The third-order valence-corrected chi connectivity index (χ3v) is 3.77. The van der Waals surface area contributed by atoms with Crippen LogP contribution < -0.4 is 5.32 Å². The Labute approximate surface area is 134 Å². The van der Waals surface area contributed by atoms with Crippen LogP contribution in [-0.2, 0) is 6.54 Å². The number of anilines is 1. The molecule has 1 aromatic carbocycles. The summed E-state index contributed by atoms with van der Waals surface area (Å²) in [5.74, 6) is -0.930. The minimum atomic E-state index is -0.480. The summed E-state index contributed by atoms with van der Waals surface area (Å²) in [5, 5.41) is 7.14. The predicted octanol–water partition coefficient (Wildman–Crippen LogP) is 4.34. The smallest absolute Gasteiger partial charge is 0.260 e. The molecule has 1 amide bonds. The zero-order chi connectivity index (χ0) is 16.3. The minimum absolute atomic E-state index is 0.141. The molecule has 1 N–H and O–H groups in total. The number of carbonyl (C=O) groups excluding carboxylic acids is 1. The number of aryl methyl sites for hydroxylation is 3. The number of unbranched alkanes of at least 4 members (excludes halogenated alkanes) is 1. The van der Waals surface area contributed by atoms with Gasteiger partial charge in [-0.25, -0.2) is 4.39 Å². The van der Waals surface area contributed by atoms with Crippen molar-refractivity contribution in [3.05, 3.63) is 46.0 Å². The molecule has 0 unspecified atom stereocenters. The molecule has 0 atom stereocenters. The fraction of sp³-hybridized carbons (Fsp3) is 0.375. The third-order valence-electron chi connectivity index (χ3n) is 3.39. The van der Waals surface area contributed by atoms with Crippen molar-refractivity contribution in [1.82, 2.24) is 9.78 Å². The zero-order valence-corrected chi connectivity index (χ0v) is 13.7. The van der Waals surface area contributed by atoms with E-state index in [2.05, 4.69) is 17.3 Å². The number of carbonyl (C=O) groups is 1. The van der Waals surface area contributed by atoms with Crippen molar-refractivity contribution in [2.45, 2.75) is 40.2 Å². The Morgan fingerprint density at radius 3 is 2.82 bits per heavy atom. The number of amides is 1. The van der Waals surface area contributed by atoms with Crippen LogP contribution in [0.5, 0.6) is 0 Å². The van der Waals surface area contributed by atoms with Crippen molar-refractivity contribution < 1.29 is 9.18 Å². The monoisotopic (exact) mass is 323 g/mol. The van der Waals surface area contributed by atoms with E-state index in [4.69, 9.17) is 11.6 Å². The number of halogens is 2. The van der Waals surface area contributed by atoms with Gasteiger partial charge in [0, 0.05) is 6.54 Å². The van der Waals surface area contributed by atoms with Gasteiger partial charge < -0.3 is 5.32 Å². The van der Waals surface area contributed by atoms with E-state index in [-0.39, 0.29) is 10.8 Å². The first kappa shape index (κ1) is 16.5. The number of nitrogens with zero attached hydrogens (tertiary/aromatic N) is 2. The first-order valence-corrected chi connectivity index (χ1v) is 7.62. The predicted molar refractivity (Wildman–Crippen MR) is 86.0 cm³/mol. The van der Waals surface area contributed by atoms with E-state index >= 15 is 0 Å². The van der Waals surface area contributed by atoms with Crippen LogP contribution in [0.4, 0.5) is 10.1 Å². The Morgan fingerprint density at radius 1 is 1.41 bits per heavy atom. The van der Waals surface area contributed by atoms with E-state index in [0.29, 0.717) is 17.8 Å². The maximum absolute atomic E-state index is 13.8. The highest BCUT2D eigenvalue weighted by Crippen LogP contribution is 2.23. The maximum Gasteiger partial charge on any atom is 0.260 e. The van der Waals surface area contributed by atoms with Gasteiger partial charge in [-0.3, -0.25) is 9.48 Å². The van der Waals surface area contributed by atoms with Crippen molar-refractivity contribution in [1.29, 1.82) is 0 Å². The van der Waals surface area contributed by atoms with Crippen LogP contribution >= 0.6 is 11.6 Å². The summed E-state index contributed by atoms with van der Waals surface area (Å²) in [7, 11) is 0. The summed E-state index contributed by atoms with van der Waals surface area (Å²) >= 11 is 6.24. The molecule has 22 heavy (non-hydrogen) atoms. The number of rotatable bonds is 5. The summed E-state index contributed by atoms with van der Waals surface area (Å²) in [6, 6.07) is 4.55. The summed E-state index contributed by atoms with van der Waals surface area (Å²) in [4.78, 5) is 12.4. The van der Waals surface area contributed by atoms with Crippen LogP contribution in [0.1, 0.15) is 41.4 Å². The maximum atomic E-state index is 13.8. The van der Waals surface area contributed by atoms with E-state index in [0.717, 1.165) is 18.4 Å². The van der Waals surface area contributed by atoms with E-state index < -0.39 is 11.7 Å². The molecule has 1 heterocycles. The van der Waals surface area contributed by atoms with E-state index in [1.165, 1.54) is 6.07 Å². The second-order valence-electron chi connectivity index (χ2n) is 5.27. The lowest BCUT2D eigenvalue weighted by Gasteiger charge is -2.07. The van der Waals surface area contributed by atoms with Crippen molar-refractivity contribution in [3.8, 4) is 0 Å². The molecule has 0 saturated carbocycles. The lowest BCUT2D eigenvalue weighted by molar-refractivity contribution is 0.102. The highest BCUT2D eigenvalue weighted by atomic mass is 35.5. The molecular formula is C16H19ClFN3O. The van der Waals surface area contributed by atoms with Gasteiger partial charge in [-0.1, -0.05) is 31.0 Å². The van der Waals surface area contributed by atoms with Crippen molar-refractivity contribution in [2.24, 2.45) is 0 Å². The molecule has 0 radical (unpaired) electrons. The van der Waals surface area contributed by atoms with Crippen molar-refractivity contribution >= 4 is 23.2 Å². The molecule has 0 bridgehead atoms. The van der Waals surface area contributed by atoms with E-state index in [1.54, 1.807) is 23.7 Å². The normalized spacial score (nSPS) is 10.8. The second-order valence-corrected chi connectivity index (χ2v) is 5.62. The summed E-state index contributed by atoms with van der Waals surface area (Å²) < 4.78 is 15.4. The molecule has 6 heteroatoms. The van der Waals surface area contributed by atoms with Gasteiger partial charge in [0.1, 0.15) is 11.0 Å². The molecule has 0 aliphatic rings. The molecule has 0 saturated heterocycles. The van der Waals surface area contributed by atoms with Gasteiger partial charge in [-0.2, -0.15) is 5.10 Å². The van der Waals surface area contributed by atoms with Gasteiger partial charge in [0.25, 0.3) is 5.91 Å². The van der Waals surface area contributed by atoms with Gasteiger partial charge in [0.2, 0.25) is 0 Å². The molecule has 118 valence electrons. The highest BCUT2D eigenvalue weighted by Gasteiger charge is 2.21. The minimum Gasteiger partial charge on any atom is -0.319 e. The van der Waals surface area contributed by atoms with Gasteiger partial charge in [0.05, 0.1) is 16.9 Å². The average molecular weight is 324 g/mol. The lowest BCUT2D eigenvalue weighted by Crippen LogP contribution is -2.14. The van der Waals surface area contributed by atoms with E-state index in [1.807, 2.05) is 6.92 Å². The number of hydrogen-bond donors (Lipinski definition) is 1. The lowest BCUT2D eigenvalue weighted by atomic mass is 10.2. The Morgan fingerprint density at radius 2 is 2.14 bits per heavy atom. The van der Waals surface area contributed by atoms with Crippen LogP contribution in [-0.4, -0.2) is 15.7 Å². The topological polar surface area (TPSA) is 46.9 Å². The molecule has 2 aromatic rings. The van der Waals surface area contributed by atoms with Crippen LogP contribution in [0.2, 0.25) is 5.15 Å². The Bertz CT molecular complexity index is 697. The van der Waals surface area contributed by atoms with Crippen LogP contribution in [0.3, 0.4) is 0 Å². The first-order chi connectivity index (χ1) is 10.4.